The van der Waals surface area contributed by atoms with E-state index in [9.17, 15) is 13.2 Å². The molecule has 0 amide bonds. The minimum atomic E-state index is -4.27. The third-order valence-electron chi connectivity index (χ3n) is 3.94. The van der Waals surface area contributed by atoms with Crippen LogP contribution in [0.25, 0.3) is 0 Å². The van der Waals surface area contributed by atoms with Crippen LogP contribution in [-0.2, 0) is 12.7 Å². The zero-order chi connectivity index (χ0) is 15.1. The molecule has 2 nitrogen and oxygen atoms in total. The molecule has 0 aliphatic carbocycles. The zero-order valence-electron chi connectivity index (χ0n) is 12.3. The quantitative estimate of drug-likeness (QED) is 0.835. The van der Waals surface area contributed by atoms with Crippen molar-refractivity contribution in [2.75, 3.05) is 26.2 Å². The van der Waals surface area contributed by atoms with E-state index in [1.54, 1.807) is 12.1 Å². The number of nitrogens with one attached hydrogen (secondary N) is 1. The minimum absolute atomic E-state index is 0.267. The van der Waals surface area contributed by atoms with Gasteiger partial charge < -0.3 is 10.2 Å². The Morgan fingerprint density at radius 2 is 1.67 bits per heavy atom. The normalized spacial score (nSPS) is 17.7. The SMILES string of the molecule is FC(F)(F)c1ccccc1CNCCN1CCCCCC1. The van der Waals surface area contributed by atoms with E-state index < -0.39 is 11.7 Å². The second-order valence-electron chi connectivity index (χ2n) is 5.59. The predicted molar refractivity (Wildman–Crippen MR) is 78.1 cm³/mol. The van der Waals surface area contributed by atoms with E-state index in [1.807, 2.05) is 0 Å². The van der Waals surface area contributed by atoms with Crippen molar-refractivity contribution in [3.63, 3.8) is 0 Å². The van der Waals surface area contributed by atoms with Gasteiger partial charge in [-0.15, -0.1) is 0 Å². The lowest BCUT2D eigenvalue weighted by atomic mass is 10.1. The average molecular weight is 300 g/mol. The third-order valence-corrected chi connectivity index (χ3v) is 3.94. The molecule has 0 atom stereocenters. The molecule has 1 saturated heterocycles. The fourth-order valence-corrected chi connectivity index (χ4v) is 2.77. The molecule has 1 aliphatic heterocycles. The molecule has 2 rings (SSSR count). The highest BCUT2D eigenvalue weighted by Gasteiger charge is 2.32. The molecule has 1 fully saturated rings. The molecular weight excluding hydrogens is 277 g/mol. The van der Waals surface area contributed by atoms with E-state index in [0.29, 0.717) is 5.56 Å². The highest BCUT2D eigenvalue weighted by Crippen LogP contribution is 2.31. The Morgan fingerprint density at radius 3 is 2.33 bits per heavy atom. The molecule has 0 spiro atoms. The van der Waals surface area contributed by atoms with Gasteiger partial charge in [0.1, 0.15) is 0 Å². The summed E-state index contributed by atoms with van der Waals surface area (Å²) in [6, 6.07) is 5.78. The smallest absolute Gasteiger partial charge is 0.311 e. The fourth-order valence-electron chi connectivity index (χ4n) is 2.77. The van der Waals surface area contributed by atoms with Gasteiger partial charge in [-0.05, 0) is 37.6 Å². The molecule has 1 aromatic rings. The Hall–Kier alpha value is -1.07. The lowest BCUT2D eigenvalue weighted by Gasteiger charge is -2.20. The number of rotatable bonds is 5. The van der Waals surface area contributed by atoms with Crippen molar-refractivity contribution in [2.45, 2.75) is 38.4 Å². The van der Waals surface area contributed by atoms with Crippen LogP contribution < -0.4 is 5.32 Å². The summed E-state index contributed by atoms with van der Waals surface area (Å²) < 4.78 is 38.6. The third kappa shape index (κ3) is 5.32. The van der Waals surface area contributed by atoms with Crippen molar-refractivity contribution in [3.8, 4) is 0 Å². The zero-order valence-corrected chi connectivity index (χ0v) is 12.3. The largest absolute Gasteiger partial charge is 0.416 e. The second-order valence-corrected chi connectivity index (χ2v) is 5.59. The number of alkyl halides is 3. The van der Waals surface area contributed by atoms with Gasteiger partial charge in [-0.1, -0.05) is 31.0 Å². The summed E-state index contributed by atoms with van der Waals surface area (Å²) in [6.07, 6.45) is 0.780. The van der Waals surface area contributed by atoms with E-state index >= 15 is 0 Å². The monoisotopic (exact) mass is 300 g/mol. The van der Waals surface area contributed by atoms with E-state index in [-0.39, 0.29) is 6.54 Å². The molecule has 1 aliphatic rings. The van der Waals surface area contributed by atoms with E-state index in [4.69, 9.17) is 0 Å². The number of hydrogen-bond donors (Lipinski definition) is 1. The maximum atomic E-state index is 12.9. The van der Waals surface area contributed by atoms with Crippen molar-refractivity contribution in [3.05, 3.63) is 35.4 Å². The van der Waals surface area contributed by atoms with Crippen molar-refractivity contribution < 1.29 is 13.2 Å². The summed E-state index contributed by atoms with van der Waals surface area (Å²) in [5, 5.41) is 3.14. The van der Waals surface area contributed by atoms with Crippen LogP contribution in [0, 0.1) is 0 Å². The molecule has 1 N–H and O–H groups in total. The van der Waals surface area contributed by atoms with E-state index in [0.717, 1.165) is 32.2 Å². The second kappa shape index (κ2) is 7.80. The first-order valence-electron chi connectivity index (χ1n) is 7.65. The van der Waals surface area contributed by atoms with Gasteiger partial charge in [0.15, 0.2) is 0 Å². The highest BCUT2D eigenvalue weighted by molar-refractivity contribution is 5.29. The predicted octanol–water partition coefficient (Wildman–Crippen LogP) is 3.67. The molecule has 21 heavy (non-hydrogen) atoms. The van der Waals surface area contributed by atoms with Crippen molar-refractivity contribution in [2.24, 2.45) is 0 Å². The van der Waals surface area contributed by atoms with Crippen LogP contribution in [0.1, 0.15) is 36.8 Å². The Morgan fingerprint density at radius 1 is 1.00 bits per heavy atom. The number of halogens is 3. The van der Waals surface area contributed by atoms with E-state index in [2.05, 4.69) is 10.2 Å². The Bertz CT molecular complexity index is 424. The van der Waals surface area contributed by atoms with Crippen LogP contribution in [0.15, 0.2) is 24.3 Å². The Balaban J connectivity index is 1.78. The fraction of sp³-hybridized carbons (Fsp3) is 0.625. The maximum Gasteiger partial charge on any atom is 0.416 e. The first-order chi connectivity index (χ1) is 10.1. The molecule has 5 heteroatoms. The molecule has 0 aromatic heterocycles. The van der Waals surface area contributed by atoms with Gasteiger partial charge in [-0.3, -0.25) is 0 Å². The lowest BCUT2D eigenvalue weighted by molar-refractivity contribution is -0.138. The maximum absolute atomic E-state index is 12.9. The summed E-state index contributed by atoms with van der Waals surface area (Å²) in [4.78, 5) is 2.40. The first kappa shape index (κ1) is 16.3. The molecule has 0 radical (unpaired) electrons. The summed E-state index contributed by atoms with van der Waals surface area (Å²) in [5.74, 6) is 0. The van der Waals surface area contributed by atoms with Crippen molar-refractivity contribution in [1.29, 1.82) is 0 Å². The number of nitrogens with zero attached hydrogens (tertiary/aromatic N) is 1. The van der Waals surface area contributed by atoms with Crippen molar-refractivity contribution in [1.82, 2.24) is 10.2 Å². The van der Waals surface area contributed by atoms with Gasteiger partial charge in [-0.2, -0.15) is 13.2 Å². The van der Waals surface area contributed by atoms with Crippen LogP contribution >= 0.6 is 0 Å². The summed E-state index contributed by atoms with van der Waals surface area (Å²) >= 11 is 0. The van der Waals surface area contributed by atoms with E-state index in [1.165, 1.54) is 31.7 Å². The summed E-state index contributed by atoms with van der Waals surface area (Å²) in [7, 11) is 0. The van der Waals surface area contributed by atoms with Gasteiger partial charge in [0.25, 0.3) is 0 Å². The lowest BCUT2D eigenvalue weighted by Crippen LogP contribution is -2.32. The van der Waals surface area contributed by atoms with Gasteiger partial charge in [-0.25, -0.2) is 0 Å². The summed E-state index contributed by atoms with van der Waals surface area (Å²) in [6.45, 7) is 4.13. The number of hydrogen-bond acceptors (Lipinski definition) is 2. The molecule has 0 bridgehead atoms. The molecule has 1 heterocycles. The Labute approximate surface area is 124 Å². The molecule has 1 aromatic carbocycles. The first-order valence-corrected chi connectivity index (χ1v) is 7.65. The standard InChI is InChI=1S/C16H23F3N2/c17-16(18,19)15-8-4-3-7-14(15)13-20-9-12-21-10-5-1-2-6-11-21/h3-4,7-8,20H,1-2,5-6,9-13H2. The molecule has 118 valence electrons. The van der Waals surface area contributed by atoms with Crippen LogP contribution in [0.5, 0.6) is 0 Å². The van der Waals surface area contributed by atoms with Gasteiger partial charge >= 0.3 is 6.18 Å². The molecular formula is C16H23F3N2. The highest BCUT2D eigenvalue weighted by atomic mass is 19.4. The van der Waals surface area contributed by atoms with Crippen LogP contribution in [0.3, 0.4) is 0 Å². The molecule has 0 unspecified atom stereocenters. The summed E-state index contributed by atoms with van der Waals surface area (Å²) in [5.41, 5.74) is -0.215. The van der Waals surface area contributed by atoms with Gasteiger partial charge in [0, 0.05) is 19.6 Å². The van der Waals surface area contributed by atoms with Crippen LogP contribution in [-0.4, -0.2) is 31.1 Å². The van der Waals surface area contributed by atoms with Crippen molar-refractivity contribution >= 4 is 0 Å². The minimum Gasteiger partial charge on any atom is -0.311 e. The van der Waals surface area contributed by atoms with Crippen LogP contribution in [0.2, 0.25) is 0 Å². The van der Waals surface area contributed by atoms with Crippen LogP contribution in [0.4, 0.5) is 13.2 Å². The van der Waals surface area contributed by atoms with Gasteiger partial charge in [0.05, 0.1) is 5.56 Å². The average Bonchev–Trinajstić information content (AvgIpc) is 2.72. The number of likely N-dealkylation sites (tertiary alicyclic amines) is 1. The molecule has 0 saturated carbocycles. The number of benzene rings is 1. The Kier molecular flexibility index (Phi) is 6.06. The topological polar surface area (TPSA) is 15.3 Å². The van der Waals surface area contributed by atoms with Gasteiger partial charge in [0.2, 0.25) is 0 Å².